The van der Waals surface area contributed by atoms with E-state index < -0.39 is 0 Å². The maximum Gasteiger partial charge on any atom is 0.236 e. The molecule has 21 heavy (non-hydrogen) atoms. The molecular weight excluding hydrogens is 262 g/mol. The number of hydrogen-bond donors (Lipinski definition) is 1. The topological polar surface area (TPSA) is 35.6 Å². The van der Waals surface area contributed by atoms with Gasteiger partial charge in [0.1, 0.15) is 0 Å². The summed E-state index contributed by atoms with van der Waals surface area (Å²) in [6, 6.07) is 1.07. The number of nitrogens with one attached hydrogen (secondary N) is 1. The second kappa shape index (κ2) is 8.74. The third kappa shape index (κ3) is 4.96. The van der Waals surface area contributed by atoms with Gasteiger partial charge in [-0.1, -0.05) is 33.1 Å². The van der Waals surface area contributed by atoms with Crippen LogP contribution in [0.5, 0.6) is 0 Å². The fraction of sp³-hybridized carbons (Fsp3) is 0.941. The van der Waals surface area contributed by atoms with E-state index in [2.05, 4.69) is 29.0 Å². The number of likely N-dealkylation sites (tertiary alicyclic amines) is 1. The summed E-state index contributed by atoms with van der Waals surface area (Å²) in [5.74, 6) is 0.354. The predicted molar refractivity (Wildman–Crippen MR) is 87.4 cm³/mol. The van der Waals surface area contributed by atoms with Crippen LogP contribution in [-0.2, 0) is 4.79 Å². The molecule has 0 aliphatic carbocycles. The molecule has 2 aliphatic heterocycles. The highest BCUT2D eigenvalue weighted by Gasteiger charge is 2.28. The minimum atomic E-state index is 0.354. The molecule has 2 heterocycles. The lowest BCUT2D eigenvalue weighted by Gasteiger charge is -2.40. The van der Waals surface area contributed by atoms with Crippen LogP contribution >= 0.6 is 0 Å². The number of rotatable bonds is 4. The molecule has 2 unspecified atom stereocenters. The van der Waals surface area contributed by atoms with Crippen LogP contribution in [0.15, 0.2) is 0 Å². The van der Waals surface area contributed by atoms with Gasteiger partial charge in [0.2, 0.25) is 5.91 Å². The van der Waals surface area contributed by atoms with Crippen LogP contribution in [0.25, 0.3) is 0 Å². The fourth-order valence-electron chi connectivity index (χ4n) is 3.57. The van der Waals surface area contributed by atoms with Crippen molar-refractivity contribution in [1.82, 2.24) is 15.1 Å². The lowest BCUT2D eigenvalue weighted by Crippen LogP contribution is -2.58. The molecule has 0 aromatic carbocycles. The van der Waals surface area contributed by atoms with Gasteiger partial charge >= 0.3 is 0 Å². The van der Waals surface area contributed by atoms with Crippen molar-refractivity contribution in [3.05, 3.63) is 0 Å². The fourth-order valence-corrected chi connectivity index (χ4v) is 3.57. The Morgan fingerprint density at radius 3 is 2.33 bits per heavy atom. The molecule has 122 valence electrons. The van der Waals surface area contributed by atoms with Gasteiger partial charge < -0.3 is 10.2 Å². The molecule has 0 bridgehead atoms. The van der Waals surface area contributed by atoms with Crippen molar-refractivity contribution in [1.29, 1.82) is 0 Å². The van der Waals surface area contributed by atoms with E-state index in [9.17, 15) is 4.79 Å². The van der Waals surface area contributed by atoms with E-state index in [1.165, 1.54) is 32.1 Å². The van der Waals surface area contributed by atoms with Gasteiger partial charge in [0.25, 0.3) is 0 Å². The Morgan fingerprint density at radius 2 is 1.71 bits per heavy atom. The lowest BCUT2D eigenvalue weighted by molar-refractivity contribution is -0.133. The normalized spacial score (nSPS) is 29.0. The summed E-state index contributed by atoms with van der Waals surface area (Å²) >= 11 is 0. The maximum atomic E-state index is 12.7. The predicted octanol–water partition coefficient (Wildman–Crippen LogP) is 2.24. The van der Waals surface area contributed by atoms with E-state index in [4.69, 9.17) is 0 Å². The first kappa shape index (κ1) is 16.8. The summed E-state index contributed by atoms with van der Waals surface area (Å²) in [6.45, 7) is 9.07. The molecule has 4 nitrogen and oxygen atoms in total. The molecule has 0 aromatic rings. The Labute approximate surface area is 130 Å². The number of carbonyl (C=O) groups excluding carboxylic acids is 1. The highest BCUT2D eigenvalue weighted by molar-refractivity contribution is 5.78. The van der Waals surface area contributed by atoms with Gasteiger partial charge in [-0.2, -0.15) is 0 Å². The first-order valence-electron chi connectivity index (χ1n) is 8.99. The molecule has 2 aliphatic rings. The van der Waals surface area contributed by atoms with Crippen molar-refractivity contribution >= 4 is 5.91 Å². The van der Waals surface area contributed by atoms with E-state index in [1.54, 1.807) is 0 Å². The standard InChI is InChI=1S/C17H33N3O/c1-3-15-13-20(16(4-2)12-18-15)14-17(21)19-10-8-6-5-7-9-11-19/h15-16,18H,3-14H2,1-2H3. The van der Waals surface area contributed by atoms with Gasteiger partial charge in [-0.3, -0.25) is 9.69 Å². The van der Waals surface area contributed by atoms with Gasteiger partial charge in [-0.15, -0.1) is 0 Å². The lowest BCUT2D eigenvalue weighted by atomic mass is 10.0. The zero-order chi connectivity index (χ0) is 15.1. The van der Waals surface area contributed by atoms with Crippen molar-refractivity contribution in [3.8, 4) is 0 Å². The van der Waals surface area contributed by atoms with E-state index in [1.807, 2.05) is 0 Å². The zero-order valence-corrected chi connectivity index (χ0v) is 13.9. The number of hydrogen-bond acceptors (Lipinski definition) is 3. The number of piperazine rings is 1. The minimum absolute atomic E-state index is 0.354. The van der Waals surface area contributed by atoms with Gasteiger partial charge in [0, 0.05) is 38.3 Å². The first-order valence-corrected chi connectivity index (χ1v) is 8.99. The van der Waals surface area contributed by atoms with E-state index in [0.29, 0.717) is 24.5 Å². The highest BCUT2D eigenvalue weighted by atomic mass is 16.2. The van der Waals surface area contributed by atoms with Gasteiger partial charge in [-0.25, -0.2) is 0 Å². The summed E-state index contributed by atoms with van der Waals surface area (Å²) in [6.07, 6.45) is 8.54. The Hall–Kier alpha value is -0.610. The average molecular weight is 295 g/mol. The second-order valence-electron chi connectivity index (χ2n) is 6.65. The van der Waals surface area contributed by atoms with Crippen LogP contribution in [0.2, 0.25) is 0 Å². The van der Waals surface area contributed by atoms with E-state index >= 15 is 0 Å². The summed E-state index contributed by atoms with van der Waals surface area (Å²) in [5, 5.41) is 3.60. The largest absolute Gasteiger partial charge is 0.342 e. The molecule has 2 rings (SSSR count). The minimum Gasteiger partial charge on any atom is -0.342 e. The van der Waals surface area contributed by atoms with Crippen LogP contribution in [0.4, 0.5) is 0 Å². The molecule has 1 N–H and O–H groups in total. The third-order valence-corrected chi connectivity index (χ3v) is 5.12. The molecule has 2 saturated heterocycles. The molecule has 2 fully saturated rings. The van der Waals surface area contributed by atoms with Gasteiger partial charge in [0.15, 0.2) is 0 Å². The first-order chi connectivity index (χ1) is 10.2. The Morgan fingerprint density at radius 1 is 1.05 bits per heavy atom. The molecule has 0 spiro atoms. The van der Waals surface area contributed by atoms with Crippen molar-refractivity contribution in [2.24, 2.45) is 0 Å². The van der Waals surface area contributed by atoms with E-state index in [-0.39, 0.29) is 0 Å². The molecule has 2 atom stereocenters. The van der Waals surface area contributed by atoms with E-state index in [0.717, 1.165) is 39.0 Å². The van der Waals surface area contributed by atoms with Gasteiger partial charge in [-0.05, 0) is 25.7 Å². The Bertz CT molecular complexity index is 313. The molecule has 4 heteroatoms. The molecular formula is C17H33N3O. The van der Waals surface area contributed by atoms with Crippen molar-refractivity contribution in [3.63, 3.8) is 0 Å². The number of amides is 1. The van der Waals surface area contributed by atoms with Crippen molar-refractivity contribution < 1.29 is 4.79 Å². The monoisotopic (exact) mass is 295 g/mol. The summed E-state index contributed by atoms with van der Waals surface area (Å²) in [5.41, 5.74) is 0. The summed E-state index contributed by atoms with van der Waals surface area (Å²) < 4.78 is 0. The van der Waals surface area contributed by atoms with Gasteiger partial charge in [0.05, 0.1) is 6.54 Å². The summed E-state index contributed by atoms with van der Waals surface area (Å²) in [7, 11) is 0. The SMILES string of the molecule is CCC1CN(CC(=O)N2CCCCCCC2)C(CC)CN1. The molecule has 0 saturated carbocycles. The second-order valence-corrected chi connectivity index (χ2v) is 6.65. The van der Waals surface area contributed by atoms with Crippen LogP contribution in [0.3, 0.4) is 0 Å². The third-order valence-electron chi connectivity index (χ3n) is 5.12. The molecule has 1 amide bonds. The van der Waals surface area contributed by atoms with Crippen LogP contribution in [0, 0.1) is 0 Å². The Balaban J connectivity index is 1.88. The van der Waals surface area contributed by atoms with Crippen LogP contribution < -0.4 is 5.32 Å². The Kier molecular flexibility index (Phi) is 6.97. The zero-order valence-electron chi connectivity index (χ0n) is 13.9. The van der Waals surface area contributed by atoms with Crippen molar-refractivity contribution in [2.45, 2.75) is 70.9 Å². The highest BCUT2D eigenvalue weighted by Crippen LogP contribution is 2.14. The number of carbonyl (C=O) groups is 1. The smallest absolute Gasteiger partial charge is 0.236 e. The maximum absolute atomic E-state index is 12.7. The number of nitrogens with zero attached hydrogens (tertiary/aromatic N) is 2. The average Bonchev–Trinajstić information content (AvgIpc) is 2.46. The van der Waals surface area contributed by atoms with Crippen molar-refractivity contribution in [2.75, 3.05) is 32.7 Å². The summed E-state index contributed by atoms with van der Waals surface area (Å²) in [4.78, 5) is 17.2. The van der Waals surface area contributed by atoms with Crippen LogP contribution in [-0.4, -0.2) is 60.5 Å². The molecule has 0 radical (unpaired) electrons. The van der Waals surface area contributed by atoms with Crippen LogP contribution in [0.1, 0.15) is 58.8 Å². The molecule has 0 aromatic heterocycles. The quantitative estimate of drug-likeness (QED) is 0.864.